The van der Waals surface area contributed by atoms with E-state index in [1.807, 2.05) is 0 Å². The van der Waals surface area contributed by atoms with E-state index in [0.717, 1.165) is 18.9 Å². The maximum atomic E-state index is 13.4. The minimum atomic E-state index is -0.862. The Kier molecular flexibility index (Phi) is 3.10. The van der Waals surface area contributed by atoms with Crippen LogP contribution in [-0.2, 0) is 0 Å². The van der Waals surface area contributed by atoms with Crippen molar-refractivity contribution in [3.05, 3.63) is 34.4 Å². The third-order valence-electron chi connectivity index (χ3n) is 2.63. The topological polar surface area (TPSA) is 20.3 Å². The monoisotopic (exact) mass is 245 g/mol. The lowest BCUT2D eigenvalue weighted by atomic mass is 10.2. The number of carbonyl (C=O) groups is 1. The Labute approximate surface area is 96.8 Å². The van der Waals surface area contributed by atoms with Crippen LogP contribution >= 0.6 is 11.6 Å². The van der Waals surface area contributed by atoms with Gasteiger partial charge in [0.05, 0.1) is 10.6 Å². The molecule has 0 atom stereocenters. The summed E-state index contributed by atoms with van der Waals surface area (Å²) < 4.78 is 26.3. The van der Waals surface area contributed by atoms with Crippen molar-refractivity contribution in [3.63, 3.8) is 0 Å². The van der Waals surface area contributed by atoms with Crippen LogP contribution in [0.25, 0.3) is 0 Å². The maximum Gasteiger partial charge on any atom is 0.256 e. The number of hydrogen-bond donors (Lipinski definition) is 0. The van der Waals surface area contributed by atoms with Crippen LogP contribution in [0.5, 0.6) is 0 Å². The van der Waals surface area contributed by atoms with E-state index in [-0.39, 0.29) is 10.6 Å². The highest BCUT2D eigenvalue weighted by molar-refractivity contribution is 6.31. The Morgan fingerprint density at radius 1 is 1.19 bits per heavy atom. The Morgan fingerprint density at radius 3 is 2.44 bits per heavy atom. The lowest BCUT2D eigenvalue weighted by Gasteiger charge is -2.15. The zero-order valence-electron chi connectivity index (χ0n) is 8.47. The van der Waals surface area contributed by atoms with E-state index in [4.69, 9.17) is 11.6 Å². The molecular weight excluding hydrogens is 236 g/mol. The molecule has 16 heavy (non-hydrogen) atoms. The number of halogens is 3. The third kappa shape index (κ3) is 2.02. The largest absolute Gasteiger partial charge is 0.339 e. The van der Waals surface area contributed by atoms with Gasteiger partial charge in [0.2, 0.25) is 0 Å². The summed E-state index contributed by atoms with van der Waals surface area (Å²) in [5.74, 6) is -2.13. The first-order valence-corrected chi connectivity index (χ1v) is 5.41. The van der Waals surface area contributed by atoms with Crippen molar-refractivity contribution in [1.29, 1.82) is 0 Å². The summed E-state index contributed by atoms with van der Waals surface area (Å²) in [5, 5.41) is -0.232. The van der Waals surface area contributed by atoms with E-state index in [0.29, 0.717) is 19.2 Å². The van der Waals surface area contributed by atoms with Crippen molar-refractivity contribution in [2.24, 2.45) is 0 Å². The van der Waals surface area contributed by atoms with Gasteiger partial charge in [-0.2, -0.15) is 0 Å². The van der Waals surface area contributed by atoms with Gasteiger partial charge >= 0.3 is 0 Å². The Bertz CT molecular complexity index is 430. The average Bonchev–Trinajstić information content (AvgIpc) is 2.75. The summed E-state index contributed by atoms with van der Waals surface area (Å²) >= 11 is 5.52. The van der Waals surface area contributed by atoms with Gasteiger partial charge in [0, 0.05) is 19.2 Å². The fourth-order valence-electron chi connectivity index (χ4n) is 1.78. The smallest absolute Gasteiger partial charge is 0.256 e. The fourth-order valence-corrected chi connectivity index (χ4v) is 1.94. The summed E-state index contributed by atoms with van der Waals surface area (Å²) in [6, 6.07) is 1.69. The first-order valence-electron chi connectivity index (χ1n) is 5.03. The van der Waals surface area contributed by atoms with Crippen LogP contribution in [0.2, 0.25) is 5.02 Å². The highest BCUT2D eigenvalue weighted by Crippen LogP contribution is 2.22. The van der Waals surface area contributed by atoms with Crippen LogP contribution in [0.4, 0.5) is 8.78 Å². The van der Waals surface area contributed by atoms with Gasteiger partial charge < -0.3 is 4.90 Å². The molecule has 0 aromatic heterocycles. The van der Waals surface area contributed by atoms with Crippen LogP contribution in [-0.4, -0.2) is 23.9 Å². The van der Waals surface area contributed by atoms with Gasteiger partial charge in [-0.25, -0.2) is 8.78 Å². The van der Waals surface area contributed by atoms with Crippen LogP contribution in [0, 0.1) is 11.6 Å². The first-order chi connectivity index (χ1) is 7.59. The summed E-state index contributed by atoms with van der Waals surface area (Å²) in [6.45, 7) is 1.24. The molecule has 1 aliphatic heterocycles. The Balaban J connectivity index is 2.32. The number of rotatable bonds is 1. The number of amides is 1. The quantitative estimate of drug-likeness (QED) is 0.697. The zero-order valence-corrected chi connectivity index (χ0v) is 9.23. The lowest BCUT2D eigenvalue weighted by Crippen LogP contribution is -2.28. The number of nitrogens with zero attached hydrogens (tertiary/aromatic N) is 1. The molecule has 0 saturated carbocycles. The molecule has 1 aliphatic rings. The standard InChI is InChI=1S/C11H10ClF2NO/c12-8-5-7(9(13)6-10(8)14)11(16)15-3-1-2-4-15/h5-6H,1-4H2. The molecule has 1 saturated heterocycles. The predicted octanol–water partition coefficient (Wildman–Crippen LogP) is 2.85. The van der Waals surface area contributed by atoms with Crippen molar-refractivity contribution in [3.8, 4) is 0 Å². The second-order valence-electron chi connectivity index (χ2n) is 3.75. The normalized spacial score (nSPS) is 15.6. The second-order valence-corrected chi connectivity index (χ2v) is 4.15. The SMILES string of the molecule is O=C(c1cc(Cl)c(F)cc1F)N1CCCC1. The highest BCUT2D eigenvalue weighted by Gasteiger charge is 2.23. The molecule has 0 aliphatic carbocycles. The van der Waals surface area contributed by atoms with E-state index in [2.05, 4.69) is 0 Å². The summed E-state index contributed by atoms with van der Waals surface area (Å²) in [6.07, 6.45) is 1.84. The summed E-state index contributed by atoms with van der Waals surface area (Å²) in [4.78, 5) is 13.4. The van der Waals surface area contributed by atoms with Crippen molar-refractivity contribution in [1.82, 2.24) is 4.90 Å². The predicted molar refractivity (Wildman–Crippen MR) is 56.5 cm³/mol. The van der Waals surface area contributed by atoms with Crippen molar-refractivity contribution in [2.75, 3.05) is 13.1 Å². The number of likely N-dealkylation sites (tertiary alicyclic amines) is 1. The molecule has 86 valence electrons. The lowest BCUT2D eigenvalue weighted by molar-refractivity contribution is 0.0788. The van der Waals surface area contributed by atoms with Crippen molar-refractivity contribution < 1.29 is 13.6 Å². The summed E-state index contributed by atoms with van der Waals surface area (Å²) in [5.41, 5.74) is -0.159. The fraction of sp³-hybridized carbons (Fsp3) is 0.364. The van der Waals surface area contributed by atoms with Crippen LogP contribution < -0.4 is 0 Å². The molecule has 2 nitrogen and oxygen atoms in total. The molecule has 1 heterocycles. The zero-order chi connectivity index (χ0) is 11.7. The molecular formula is C11H10ClF2NO. The van der Waals surface area contributed by atoms with E-state index >= 15 is 0 Å². The van der Waals surface area contributed by atoms with Crippen LogP contribution in [0.3, 0.4) is 0 Å². The molecule has 5 heteroatoms. The molecule has 2 rings (SSSR count). The molecule has 0 spiro atoms. The molecule has 0 N–H and O–H groups in total. The second kappa shape index (κ2) is 4.37. The minimum absolute atomic E-state index is 0.159. The van der Waals surface area contributed by atoms with Crippen molar-refractivity contribution in [2.45, 2.75) is 12.8 Å². The molecule has 0 bridgehead atoms. The van der Waals surface area contributed by atoms with E-state index in [1.54, 1.807) is 4.90 Å². The molecule has 0 unspecified atom stereocenters. The number of benzene rings is 1. The minimum Gasteiger partial charge on any atom is -0.339 e. The summed E-state index contributed by atoms with van der Waals surface area (Å²) in [7, 11) is 0. The van der Waals surface area contributed by atoms with Gasteiger partial charge in [-0.15, -0.1) is 0 Å². The molecule has 1 amide bonds. The highest BCUT2D eigenvalue weighted by atomic mass is 35.5. The molecule has 1 fully saturated rings. The van der Waals surface area contributed by atoms with Crippen molar-refractivity contribution >= 4 is 17.5 Å². The van der Waals surface area contributed by atoms with Gasteiger partial charge in [-0.1, -0.05) is 11.6 Å². The first kappa shape index (κ1) is 11.3. The van der Waals surface area contributed by atoms with E-state index in [9.17, 15) is 13.6 Å². The van der Waals surface area contributed by atoms with Gasteiger partial charge in [-0.3, -0.25) is 4.79 Å². The van der Waals surface area contributed by atoms with Crippen LogP contribution in [0.15, 0.2) is 12.1 Å². The Morgan fingerprint density at radius 2 is 1.81 bits per heavy atom. The number of hydrogen-bond acceptors (Lipinski definition) is 1. The third-order valence-corrected chi connectivity index (χ3v) is 2.92. The Hall–Kier alpha value is -1.16. The van der Waals surface area contributed by atoms with E-state index in [1.165, 1.54) is 0 Å². The molecule has 1 aromatic carbocycles. The van der Waals surface area contributed by atoms with Gasteiger partial charge in [0.15, 0.2) is 0 Å². The maximum absolute atomic E-state index is 13.4. The van der Waals surface area contributed by atoms with Gasteiger partial charge in [0.1, 0.15) is 11.6 Å². The van der Waals surface area contributed by atoms with Crippen LogP contribution in [0.1, 0.15) is 23.2 Å². The average molecular weight is 246 g/mol. The van der Waals surface area contributed by atoms with Gasteiger partial charge in [-0.05, 0) is 18.9 Å². The molecule has 0 radical (unpaired) electrons. The molecule has 1 aromatic rings. The van der Waals surface area contributed by atoms with Gasteiger partial charge in [0.25, 0.3) is 5.91 Å². The van der Waals surface area contributed by atoms with E-state index < -0.39 is 17.5 Å². The number of carbonyl (C=O) groups excluding carboxylic acids is 1.